The third kappa shape index (κ3) is 2.66. The van der Waals surface area contributed by atoms with E-state index in [0.29, 0.717) is 0 Å². The standard InChI is InChI=1S/C10H13FN2O2/c1-7(13(12)10(14)15-2)8-3-5-9(11)6-4-8/h3-7H,12H2,1-2H3. The summed E-state index contributed by atoms with van der Waals surface area (Å²) in [4.78, 5) is 11.1. The summed E-state index contributed by atoms with van der Waals surface area (Å²) >= 11 is 0. The number of halogens is 1. The number of hydrogen-bond donors (Lipinski definition) is 1. The number of ether oxygens (including phenoxy) is 1. The van der Waals surface area contributed by atoms with E-state index in [1.54, 1.807) is 19.1 Å². The van der Waals surface area contributed by atoms with Gasteiger partial charge in [0.25, 0.3) is 0 Å². The average molecular weight is 212 g/mol. The third-order valence-corrected chi connectivity index (χ3v) is 2.16. The molecule has 0 aromatic heterocycles. The smallest absolute Gasteiger partial charge is 0.424 e. The summed E-state index contributed by atoms with van der Waals surface area (Å²) in [5.41, 5.74) is 0.740. The zero-order chi connectivity index (χ0) is 11.4. The first-order chi connectivity index (χ1) is 7.06. The molecule has 0 aliphatic carbocycles. The summed E-state index contributed by atoms with van der Waals surface area (Å²) < 4.78 is 17.1. The molecule has 1 aromatic rings. The third-order valence-electron chi connectivity index (χ3n) is 2.16. The lowest BCUT2D eigenvalue weighted by Gasteiger charge is -2.22. The lowest BCUT2D eigenvalue weighted by Crippen LogP contribution is -2.39. The molecule has 0 bridgehead atoms. The maximum atomic E-state index is 12.6. The topological polar surface area (TPSA) is 55.6 Å². The zero-order valence-corrected chi connectivity index (χ0v) is 8.61. The van der Waals surface area contributed by atoms with Gasteiger partial charge in [0.15, 0.2) is 0 Å². The molecule has 1 unspecified atom stereocenters. The van der Waals surface area contributed by atoms with Crippen LogP contribution in [0.1, 0.15) is 18.5 Å². The van der Waals surface area contributed by atoms with Crippen LogP contribution in [0.15, 0.2) is 24.3 Å². The molecule has 0 radical (unpaired) electrons. The van der Waals surface area contributed by atoms with Crippen molar-refractivity contribution >= 4 is 6.09 Å². The Morgan fingerprint density at radius 1 is 1.47 bits per heavy atom. The molecule has 1 amide bonds. The van der Waals surface area contributed by atoms with Crippen LogP contribution >= 0.6 is 0 Å². The fraction of sp³-hybridized carbons (Fsp3) is 0.300. The van der Waals surface area contributed by atoms with Crippen LogP contribution in [0.4, 0.5) is 9.18 Å². The SMILES string of the molecule is COC(=O)N(N)C(C)c1ccc(F)cc1. The molecule has 0 aliphatic rings. The molecule has 1 atom stereocenters. The first-order valence-corrected chi connectivity index (χ1v) is 4.43. The van der Waals surface area contributed by atoms with Gasteiger partial charge < -0.3 is 4.74 Å². The molecule has 0 saturated heterocycles. The average Bonchev–Trinajstić information content (AvgIpc) is 2.27. The first kappa shape index (κ1) is 11.5. The Labute approximate surface area is 87.4 Å². The number of hydrogen-bond acceptors (Lipinski definition) is 3. The van der Waals surface area contributed by atoms with E-state index in [9.17, 15) is 9.18 Å². The van der Waals surface area contributed by atoms with Gasteiger partial charge in [-0.3, -0.25) is 0 Å². The van der Waals surface area contributed by atoms with Gasteiger partial charge in [0.05, 0.1) is 13.2 Å². The molecule has 15 heavy (non-hydrogen) atoms. The zero-order valence-electron chi connectivity index (χ0n) is 8.61. The highest BCUT2D eigenvalue weighted by atomic mass is 19.1. The summed E-state index contributed by atoms with van der Waals surface area (Å²) in [5, 5.41) is 0.952. The molecule has 0 saturated carbocycles. The van der Waals surface area contributed by atoms with Gasteiger partial charge >= 0.3 is 6.09 Å². The molecule has 2 N–H and O–H groups in total. The number of methoxy groups -OCH3 is 1. The van der Waals surface area contributed by atoms with E-state index < -0.39 is 6.09 Å². The molecule has 1 rings (SSSR count). The van der Waals surface area contributed by atoms with Crippen LogP contribution in [0.3, 0.4) is 0 Å². The van der Waals surface area contributed by atoms with Crippen LogP contribution in [0, 0.1) is 5.82 Å². The van der Waals surface area contributed by atoms with Crippen LogP contribution in [0.5, 0.6) is 0 Å². The Morgan fingerprint density at radius 3 is 2.47 bits per heavy atom. The van der Waals surface area contributed by atoms with Gasteiger partial charge in [-0.15, -0.1) is 0 Å². The van der Waals surface area contributed by atoms with E-state index in [0.717, 1.165) is 10.6 Å². The van der Waals surface area contributed by atoms with Crippen molar-refractivity contribution in [2.24, 2.45) is 5.84 Å². The monoisotopic (exact) mass is 212 g/mol. The Morgan fingerprint density at radius 2 is 2.00 bits per heavy atom. The summed E-state index contributed by atoms with van der Waals surface area (Å²) in [6.07, 6.45) is -0.633. The van der Waals surface area contributed by atoms with Crippen molar-refractivity contribution < 1.29 is 13.9 Å². The summed E-state index contributed by atoms with van der Waals surface area (Å²) in [7, 11) is 1.25. The van der Waals surface area contributed by atoms with Crippen LogP contribution in [0.2, 0.25) is 0 Å². The predicted octanol–water partition coefficient (Wildman–Crippen LogP) is 1.83. The van der Waals surface area contributed by atoms with Crippen molar-refractivity contribution in [3.05, 3.63) is 35.6 Å². The van der Waals surface area contributed by atoms with E-state index in [1.165, 1.54) is 19.2 Å². The second kappa shape index (κ2) is 4.75. The Balaban J connectivity index is 2.80. The van der Waals surface area contributed by atoms with Crippen LogP contribution in [-0.2, 0) is 4.74 Å². The minimum atomic E-state index is -0.633. The van der Waals surface area contributed by atoms with Crippen LogP contribution < -0.4 is 5.84 Å². The van der Waals surface area contributed by atoms with Gasteiger partial charge in [0.2, 0.25) is 0 Å². The molecule has 0 heterocycles. The molecule has 5 heteroatoms. The number of carbonyl (C=O) groups excluding carboxylic acids is 1. The van der Waals surface area contributed by atoms with Crippen molar-refractivity contribution in [3.8, 4) is 0 Å². The second-order valence-corrected chi connectivity index (χ2v) is 3.10. The van der Waals surface area contributed by atoms with Crippen molar-refractivity contribution in [3.63, 3.8) is 0 Å². The Kier molecular flexibility index (Phi) is 3.62. The fourth-order valence-corrected chi connectivity index (χ4v) is 1.17. The maximum absolute atomic E-state index is 12.6. The maximum Gasteiger partial charge on any atom is 0.424 e. The van der Waals surface area contributed by atoms with E-state index in [4.69, 9.17) is 5.84 Å². The normalized spacial score (nSPS) is 12.0. The van der Waals surface area contributed by atoms with Crippen molar-refractivity contribution in [1.29, 1.82) is 0 Å². The minimum absolute atomic E-state index is 0.326. The van der Waals surface area contributed by atoms with Crippen LogP contribution in [-0.4, -0.2) is 18.2 Å². The number of hydrazine groups is 1. The Hall–Kier alpha value is -1.62. The van der Waals surface area contributed by atoms with Crippen molar-refractivity contribution in [2.75, 3.05) is 7.11 Å². The number of carbonyl (C=O) groups is 1. The number of nitrogens with zero attached hydrogens (tertiary/aromatic N) is 1. The molecular formula is C10H13FN2O2. The fourth-order valence-electron chi connectivity index (χ4n) is 1.17. The first-order valence-electron chi connectivity index (χ1n) is 4.43. The lowest BCUT2D eigenvalue weighted by molar-refractivity contribution is 0.108. The number of nitrogens with two attached hydrogens (primary N) is 1. The highest BCUT2D eigenvalue weighted by Gasteiger charge is 2.18. The molecule has 82 valence electrons. The lowest BCUT2D eigenvalue weighted by atomic mass is 10.1. The van der Waals surface area contributed by atoms with Gasteiger partial charge in [0.1, 0.15) is 5.82 Å². The van der Waals surface area contributed by atoms with Crippen LogP contribution in [0.25, 0.3) is 0 Å². The van der Waals surface area contributed by atoms with Crippen molar-refractivity contribution in [1.82, 2.24) is 5.01 Å². The molecule has 1 aromatic carbocycles. The quantitative estimate of drug-likeness (QED) is 0.462. The van der Waals surface area contributed by atoms with E-state index in [2.05, 4.69) is 4.74 Å². The summed E-state index contributed by atoms with van der Waals surface area (Å²) in [6.45, 7) is 1.73. The van der Waals surface area contributed by atoms with E-state index in [-0.39, 0.29) is 11.9 Å². The van der Waals surface area contributed by atoms with Crippen molar-refractivity contribution in [2.45, 2.75) is 13.0 Å². The largest absolute Gasteiger partial charge is 0.452 e. The number of rotatable bonds is 2. The van der Waals surface area contributed by atoms with E-state index in [1.807, 2.05) is 0 Å². The van der Waals surface area contributed by atoms with Gasteiger partial charge in [-0.05, 0) is 24.6 Å². The van der Waals surface area contributed by atoms with Gasteiger partial charge in [-0.1, -0.05) is 12.1 Å². The molecule has 0 aliphatic heterocycles. The molecule has 4 nitrogen and oxygen atoms in total. The van der Waals surface area contributed by atoms with E-state index >= 15 is 0 Å². The summed E-state index contributed by atoms with van der Waals surface area (Å²) in [6, 6.07) is 5.41. The highest BCUT2D eigenvalue weighted by molar-refractivity contribution is 5.67. The molecule has 0 spiro atoms. The molecule has 0 fully saturated rings. The second-order valence-electron chi connectivity index (χ2n) is 3.10. The van der Waals surface area contributed by atoms with Gasteiger partial charge in [-0.25, -0.2) is 20.0 Å². The number of benzene rings is 1. The predicted molar refractivity (Wildman–Crippen MR) is 53.2 cm³/mol. The minimum Gasteiger partial charge on any atom is -0.452 e. The van der Waals surface area contributed by atoms with Gasteiger partial charge in [0, 0.05) is 0 Å². The van der Waals surface area contributed by atoms with Gasteiger partial charge in [-0.2, -0.15) is 0 Å². The summed E-state index contributed by atoms with van der Waals surface area (Å²) in [5.74, 6) is 5.18. The Bertz CT molecular complexity index is 340. The molecular weight excluding hydrogens is 199 g/mol. The highest BCUT2D eigenvalue weighted by Crippen LogP contribution is 2.17. The number of amides is 1.